The molecule has 2 atom stereocenters. The van der Waals surface area contributed by atoms with Crippen molar-refractivity contribution in [3.05, 3.63) is 0 Å². The first-order valence-electron chi connectivity index (χ1n) is 7.73. The summed E-state index contributed by atoms with van der Waals surface area (Å²) in [6, 6.07) is 0. The van der Waals surface area contributed by atoms with Crippen LogP contribution in [0, 0.1) is 5.92 Å². The number of hydrogen-bond acceptors (Lipinski definition) is 5. The van der Waals surface area contributed by atoms with E-state index in [1.807, 2.05) is 18.7 Å². The number of methoxy groups -OCH3 is 1. The van der Waals surface area contributed by atoms with Crippen LogP contribution in [0.3, 0.4) is 0 Å². The molecule has 0 aromatic carbocycles. The summed E-state index contributed by atoms with van der Waals surface area (Å²) in [5.74, 6) is 0.0232. The molecule has 1 amide bonds. The van der Waals surface area contributed by atoms with E-state index in [0.717, 1.165) is 25.9 Å². The van der Waals surface area contributed by atoms with Crippen molar-refractivity contribution in [1.29, 1.82) is 0 Å². The van der Waals surface area contributed by atoms with Crippen LogP contribution in [0.25, 0.3) is 0 Å². The molecule has 0 aromatic heterocycles. The largest absolute Gasteiger partial charge is 0.469 e. The zero-order valence-corrected chi connectivity index (χ0v) is 13.2. The van der Waals surface area contributed by atoms with Gasteiger partial charge in [-0.05, 0) is 39.8 Å². The van der Waals surface area contributed by atoms with E-state index in [2.05, 4.69) is 4.90 Å². The highest BCUT2D eigenvalue weighted by atomic mass is 16.5. The van der Waals surface area contributed by atoms with E-state index in [1.165, 1.54) is 7.11 Å². The summed E-state index contributed by atoms with van der Waals surface area (Å²) in [7, 11) is 1.43. The second-order valence-electron chi connectivity index (χ2n) is 6.13. The quantitative estimate of drug-likeness (QED) is 0.711. The first-order chi connectivity index (χ1) is 9.99. The van der Waals surface area contributed by atoms with Crippen LogP contribution >= 0.6 is 0 Å². The number of carbonyl (C=O) groups is 2. The number of likely N-dealkylation sites (tertiary alicyclic amines) is 1. The number of carbonyl (C=O) groups excluding carboxylic acids is 2. The van der Waals surface area contributed by atoms with Crippen molar-refractivity contribution < 1.29 is 19.1 Å². The second kappa shape index (κ2) is 7.22. The Morgan fingerprint density at radius 1 is 1.14 bits per heavy atom. The van der Waals surface area contributed by atoms with Crippen molar-refractivity contribution in [2.45, 2.75) is 38.9 Å². The van der Waals surface area contributed by atoms with Crippen molar-refractivity contribution >= 4 is 11.9 Å². The Bertz CT molecular complexity index is 370. The predicted molar refractivity (Wildman–Crippen MR) is 77.8 cm³/mol. The van der Waals surface area contributed by atoms with Gasteiger partial charge in [0.1, 0.15) is 0 Å². The smallest absolute Gasteiger partial charge is 0.308 e. The highest BCUT2D eigenvalue weighted by molar-refractivity contribution is 5.78. The summed E-state index contributed by atoms with van der Waals surface area (Å²) >= 11 is 0. The molecule has 2 aliphatic rings. The molecule has 0 radical (unpaired) electrons. The van der Waals surface area contributed by atoms with E-state index in [1.54, 1.807) is 0 Å². The third-order valence-corrected chi connectivity index (χ3v) is 4.25. The van der Waals surface area contributed by atoms with Gasteiger partial charge in [0.05, 0.1) is 31.8 Å². The van der Waals surface area contributed by atoms with Crippen molar-refractivity contribution in [2.24, 2.45) is 5.92 Å². The summed E-state index contributed by atoms with van der Waals surface area (Å²) < 4.78 is 10.4. The molecule has 2 saturated heterocycles. The van der Waals surface area contributed by atoms with Crippen molar-refractivity contribution in [3.8, 4) is 0 Å². The number of hydrogen-bond donors (Lipinski definition) is 0. The molecule has 0 saturated carbocycles. The molecule has 2 unspecified atom stereocenters. The van der Waals surface area contributed by atoms with Crippen LogP contribution < -0.4 is 0 Å². The van der Waals surface area contributed by atoms with Crippen LogP contribution in [-0.2, 0) is 19.1 Å². The van der Waals surface area contributed by atoms with Crippen LogP contribution in [0.5, 0.6) is 0 Å². The molecule has 0 N–H and O–H groups in total. The molecule has 0 aromatic rings. The Hall–Kier alpha value is -1.14. The monoisotopic (exact) mass is 298 g/mol. The minimum absolute atomic E-state index is 0.00946. The zero-order chi connectivity index (χ0) is 15.4. The third-order valence-electron chi connectivity index (χ3n) is 4.25. The van der Waals surface area contributed by atoms with Crippen molar-refractivity contribution in [2.75, 3.05) is 39.8 Å². The van der Waals surface area contributed by atoms with E-state index >= 15 is 0 Å². The van der Waals surface area contributed by atoms with Gasteiger partial charge < -0.3 is 14.4 Å². The first-order valence-corrected chi connectivity index (χ1v) is 7.73. The van der Waals surface area contributed by atoms with Gasteiger partial charge in [0.15, 0.2) is 0 Å². The fourth-order valence-electron chi connectivity index (χ4n) is 3.17. The zero-order valence-electron chi connectivity index (χ0n) is 13.2. The molecule has 2 rings (SSSR count). The summed E-state index contributed by atoms with van der Waals surface area (Å²) in [5.41, 5.74) is 0. The van der Waals surface area contributed by atoms with Gasteiger partial charge in [-0.3, -0.25) is 14.5 Å². The van der Waals surface area contributed by atoms with Gasteiger partial charge in [0.2, 0.25) is 5.91 Å². The van der Waals surface area contributed by atoms with E-state index < -0.39 is 0 Å². The van der Waals surface area contributed by atoms with Gasteiger partial charge in [-0.2, -0.15) is 0 Å². The highest BCUT2D eigenvalue weighted by Gasteiger charge is 2.30. The van der Waals surface area contributed by atoms with E-state index in [0.29, 0.717) is 19.6 Å². The summed E-state index contributed by atoms with van der Waals surface area (Å²) in [5, 5.41) is 0. The lowest BCUT2D eigenvalue weighted by molar-refractivity contribution is -0.148. The second-order valence-corrected chi connectivity index (χ2v) is 6.13. The van der Waals surface area contributed by atoms with Crippen LogP contribution in [0.15, 0.2) is 0 Å². The lowest BCUT2D eigenvalue weighted by atomic mass is 9.97. The molecular formula is C15H26N2O4. The molecule has 6 heteroatoms. The SMILES string of the molecule is COC(=O)C1CCN(CC(=O)N2CC(C)OC(C)C2)CC1. The number of esters is 1. The molecule has 0 spiro atoms. The van der Waals surface area contributed by atoms with Crippen LogP contribution in [0.2, 0.25) is 0 Å². The average molecular weight is 298 g/mol. The van der Waals surface area contributed by atoms with Crippen LogP contribution in [0.4, 0.5) is 0 Å². The predicted octanol–water partition coefficient (Wildman–Crippen LogP) is 0.507. The average Bonchev–Trinajstić information content (AvgIpc) is 2.46. The number of morpholine rings is 1. The van der Waals surface area contributed by atoms with E-state index in [4.69, 9.17) is 9.47 Å². The van der Waals surface area contributed by atoms with Gasteiger partial charge >= 0.3 is 5.97 Å². The fourth-order valence-corrected chi connectivity index (χ4v) is 3.17. The van der Waals surface area contributed by atoms with Gasteiger partial charge in [0, 0.05) is 13.1 Å². The van der Waals surface area contributed by atoms with Crippen LogP contribution in [-0.4, -0.2) is 73.7 Å². The maximum Gasteiger partial charge on any atom is 0.308 e. The third kappa shape index (κ3) is 4.41. The molecule has 2 heterocycles. The minimum atomic E-state index is -0.128. The van der Waals surface area contributed by atoms with Gasteiger partial charge in [-0.1, -0.05) is 0 Å². The molecular weight excluding hydrogens is 272 g/mol. The molecule has 6 nitrogen and oxygen atoms in total. The maximum atomic E-state index is 12.4. The normalized spacial score (nSPS) is 28.4. The molecule has 2 aliphatic heterocycles. The summed E-state index contributed by atoms with van der Waals surface area (Å²) in [6.07, 6.45) is 1.75. The molecule has 2 fully saturated rings. The Morgan fingerprint density at radius 3 is 2.24 bits per heavy atom. The molecule has 0 bridgehead atoms. The van der Waals surface area contributed by atoms with Crippen molar-refractivity contribution in [1.82, 2.24) is 9.80 Å². The number of piperidine rings is 1. The van der Waals surface area contributed by atoms with Crippen LogP contribution in [0.1, 0.15) is 26.7 Å². The maximum absolute atomic E-state index is 12.4. The lowest BCUT2D eigenvalue weighted by Crippen LogP contribution is -2.51. The molecule has 120 valence electrons. The Morgan fingerprint density at radius 2 is 1.71 bits per heavy atom. The number of amides is 1. The Labute approximate surface area is 126 Å². The van der Waals surface area contributed by atoms with Gasteiger partial charge in [-0.15, -0.1) is 0 Å². The fraction of sp³-hybridized carbons (Fsp3) is 0.867. The first kappa shape index (κ1) is 16.2. The van der Waals surface area contributed by atoms with Crippen molar-refractivity contribution in [3.63, 3.8) is 0 Å². The number of rotatable bonds is 3. The summed E-state index contributed by atoms with van der Waals surface area (Å²) in [4.78, 5) is 27.9. The molecule has 0 aliphatic carbocycles. The highest BCUT2D eigenvalue weighted by Crippen LogP contribution is 2.19. The van der Waals surface area contributed by atoms with E-state index in [9.17, 15) is 9.59 Å². The minimum Gasteiger partial charge on any atom is -0.469 e. The van der Waals surface area contributed by atoms with Gasteiger partial charge in [0.25, 0.3) is 0 Å². The number of nitrogens with zero attached hydrogens (tertiary/aromatic N) is 2. The van der Waals surface area contributed by atoms with Gasteiger partial charge in [-0.25, -0.2) is 0 Å². The number of ether oxygens (including phenoxy) is 2. The Balaban J connectivity index is 1.78. The molecule has 21 heavy (non-hydrogen) atoms. The van der Waals surface area contributed by atoms with E-state index in [-0.39, 0.29) is 30.0 Å². The Kier molecular flexibility index (Phi) is 5.58. The standard InChI is InChI=1S/C15H26N2O4/c1-11-8-17(9-12(2)21-11)14(18)10-16-6-4-13(5-7-16)15(19)20-3/h11-13H,4-10H2,1-3H3. The topological polar surface area (TPSA) is 59.1 Å². The lowest BCUT2D eigenvalue weighted by Gasteiger charge is -2.37. The summed E-state index contributed by atoms with van der Waals surface area (Å²) in [6.45, 7) is 7.33.